The van der Waals surface area contributed by atoms with Gasteiger partial charge in [-0.05, 0) is 64.6 Å². The Bertz CT molecular complexity index is 2590. The van der Waals surface area contributed by atoms with Crippen LogP contribution in [-0.2, 0) is 25.4 Å². The van der Waals surface area contributed by atoms with E-state index in [0.29, 0.717) is 5.56 Å². The maximum Gasteiger partial charge on any atom is 0.330 e. The Hall–Kier alpha value is -6.52. The van der Waals surface area contributed by atoms with Crippen molar-refractivity contribution < 1.29 is 14.2 Å². The average Bonchev–Trinajstić information content (AvgIpc) is 3.70. The van der Waals surface area contributed by atoms with Crippen LogP contribution in [0.4, 0.5) is 11.4 Å². The summed E-state index contributed by atoms with van der Waals surface area (Å²) in [5.41, 5.74) is 4.87. The molecule has 1 saturated heterocycles. The van der Waals surface area contributed by atoms with E-state index in [-0.39, 0.29) is 13.0 Å². The highest BCUT2D eigenvalue weighted by molar-refractivity contribution is 5.56. The first kappa shape index (κ1) is 41.2. The maximum absolute atomic E-state index is 13.5. The molecule has 0 aliphatic carbocycles. The van der Waals surface area contributed by atoms with Crippen LogP contribution in [0.2, 0.25) is 0 Å². The summed E-state index contributed by atoms with van der Waals surface area (Å²) in [6.07, 6.45) is -0.256. The summed E-state index contributed by atoms with van der Waals surface area (Å²) in [7, 11) is 8.11. The fourth-order valence-electron chi connectivity index (χ4n) is 8.53. The van der Waals surface area contributed by atoms with Crippen LogP contribution in [-0.4, -0.2) is 56.6 Å². The molecule has 9 heteroatoms. The fraction of sp³-hybridized carbons (Fsp3) is 0.231. The molecule has 3 atom stereocenters. The van der Waals surface area contributed by atoms with Crippen molar-refractivity contribution in [1.82, 2.24) is 9.55 Å². The van der Waals surface area contributed by atoms with Gasteiger partial charge in [-0.1, -0.05) is 146 Å². The number of aromatic amines is 1. The van der Waals surface area contributed by atoms with Crippen molar-refractivity contribution in [1.29, 1.82) is 0 Å². The molecule has 8 rings (SSSR count). The van der Waals surface area contributed by atoms with E-state index in [9.17, 15) is 9.59 Å². The lowest BCUT2D eigenvalue weighted by atomic mass is 9.79. The van der Waals surface area contributed by atoms with E-state index in [4.69, 9.17) is 14.2 Å². The van der Waals surface area contributed by atoms with Crippen molar-refractivity contribution in [3.05, 3.63) is 236 Å². The van der Waals surface area contributed by atoms with E-state index >= 15 is 0 Å². The van der Waals surface area contributed by atoms with Crippen LogP contribution in [0, 0.1) is 6.92 Å². The van der Waals surface area contributed by atoms with Crippen molar-refractivity contribution in [3.8, 4) is 0 Å². The molecule has 0 saturated carbocycles. The monoisotopic (exact) mass is 812 g/mol. The molecular weight excluding hydrogens is 761 g/mol. The van der Waals surface area contributed by atoms with Gasteiger partial charge in [-0.2, -0.15) is 0 Å². The van der Waals surface area contributed by atoms with Gasteiger partial charge in [0.1, 0.15) is 23.5 Å². The van der Waals surface area contributed by atoms with Crippen LogP contribution in [0.5, 0.6) is 0 Å². The second-order valence-electron chi connectivity index (χ2n) is 16.0. The minimum atomic E-state index is -1.13. The third kappa shape index (κ3) is 8.08. The van der Waals surface area contributed by atoms with E-state index in [2.05, 4.69) is 112 Å². The lowest BCUT2D eigenvalue weighted by Crippen LogP contribution is -2.43. The quantitative estimate of drug-likeness (QED) is 0.110. The molecule has 1 aliphatic rings. The topological polar surface area (TPSA) is 89.0 Å². The molecule has 0 amide bonds. The van der Waals surface area contributed by atoms with Gasteiger partial charge in [0.05, 0.1) is 12.7 Å². The molecule has 1 N–H and O–H groups in total. The third-order valence-electron chi connectivity index (χ3n) is 11.7. The Morgan fingerprint density at radius 1 is 0.607 bits per heavy atom. The number of rotatable bonds is 14. The first-order chi connectivity index (χ1) is 29.6. The number of aryl methyl sites for hydroxylation is 1. The minimum Gasteiger partial charge on any atom is -0.378 e. The highest BCUT2D eigenvalue weighted by atomic mass is 16.6. The molecular formula is C52H52N4O5. The van der Waals surface area contributed by atoms with E-state index in [1.54, 1.807) is 13.1 Å². The predicted molar refractivity (Wildman–Crippen MR) is 242 cm³/mol. The largest absolute Gasteiger partial charge is 0.378 e. The predicted octanol–water partition coefficient (Wildman–Crippen LogP) is 8.65. The summed E-state index contributed by atoms with van der Waals surface area (Å²) >= 11 is 0. The van der Waals surface area contributed by atoms with E-state index in [1.807, 2.05) is 101 Å². The molecule has 0 bridgehead atoms. The van der Waals surface area contributed by atoms with Gasteiger partial charge in [0.15, 0.2) is 0 Å². The Kier molecular flexibility index (Phi) is 11.9. The van der Waals surface area contributed by atoms with Crippen LogP contribution >= 0.6 is 0 Å². The summed E-state index contributed by atoms with van der Waals surface area (Å²) in [5.74, 6) is 0. The Morgan fingerprint density at radius 2 is 1.03 bits per heavy atom. The van der Waals surface area contributed by atoms with Crippen LogP contribution in [0.1, 0.15) is 51.6 Å². The Morgan fingerprint density at radius 3 is 1.49 bits per heavy atom. The highest BCUT2D eigenvalue weighted by Crippen LogP contribution is 2.47. The smallest absolute Gasteiger partial charge is 0.330 e. The number of nitrogens with one attached hydrogen (secondary N) is 1. The van der Waals surface area contributed by atoms with E-state index in [0.717, 1.165) is 44.8 Å². The van der Waals surface area contributed by atoms with Gasteiger partial charge < -0.3 is 24.0 Å². The number of benzene rings is 6. The SMILES string of the molecule is Cc1cn([C@H]2C[C@H](OC(c3ccccc3)(c3ccccc3)c3cccc(N(C)C)c3)[C@@H](COC(c3ccccc3)(c3ccccc3)c3cccc(N(C)C)c3)O2)c(=O)[nH]c1=O. The molecule has 310 valence electrons. The van der Waals surface area contributed by atoms with Gasteiger partial charge in [0.25, 0.3) is 5.56 Å². The molecule has 9 nitrogen and oxygen atoms in total. The number of nitrogens with zero attached hydrogens (tertiary/aromatic N) is 3. The zero-order chi connectivity index (χ0) is 42.6. The van der Waals surface area contributed by atoms with Gasteiger partial charge >= 0.3 is 5.69 Å². The molecule has 6 aromatic carbocycles. The molecule has 0 spiro atoms. The number of ether oxygens (including phenoxy) is 3. The molecule has 2 heterocycles. The number of aromatic nitrogens is 2. The van der Waals surface area contributed by atoms with Crippen molar-refractivity contribution in [2.75, 3.05) is 44.6 Å². The van der Waals surface area contributed by atoms with Crippen molar-refractivity contribution in [3.63, 3.8) is 0 Å². The third-order valence-corrected chi connectivity index (χ3v) is 11.7. The summed E-state index contributed by atoms with van der Waals surface area (Å²) in [6.45, 7) is 1.76. The number of hydrogen-bond donors (Lipinski definition) is 1. The lowest BCUT2D eigenvalue weighted by Gasteiger charge is -2.40. The molecule has 7 aromatic rings. The van der Waals surface area contributed by atoms with Crippen LogP contribution in [0.3, 0.4) is 0 Å². The highest BCUT2D eigenvalue weighted by Gasteiger charge is 2.48. The zero-order valence-corrected chi connectivity index (χ0v) is 35.3. The van der Waals surface area contributed by atoms with Crippen molar-refractivity contribution >= 4 is 11.4 Å². The molecule has 1 fully saturated rings. The normalized spacial score (nSPS) is 16.6. The van der Waals surface area contributed by atoms with Crippen LogP contribution < -0.4 is 21.0 Å². The lowest BCUT2D eigenvalue weighted by molar-refractivity contribution is -0.126. The maximum atomic E-state index is 13.5. The summed E-state index contributed by atoms with van der Waals surface area (Å²) in [4.78, 5) is 32.8. The van der Waals surface area contributed by atoms with Gasteiger partial charge in [-0.15, -0.1) is 0 Å². The second kappa shape index (κ2) is 17.6. The minimum absolute atomic E-state index is 0.0750. The molecule has 1 aliphatic heterocycles. The fourth-order valence-corrected chi connectivity index (χ4v) is 8.53. The molecule has 1 aromatic heterocycles. The van der Waals surface area contributed by atoms with Crippen molar-refractivity contribution in [2.24, 2.45) is 0 Å². The average molecular weight is 813 g/mol. The zero-order valence-electron chi connectivity index (χ0n) is 35.3. The van der Waals surface area contributed by atoms with Gasteiger partial charge in [-0.25, -0.2) is 4.79 Å². The van der Waals surface area contributed by atoms with Gasteiger partial charge in [0.2, 0.25) is 0 Å². The van der Waals surface area contributed by atoms with E-state index in [1.165, 1.54) is 4.57 Å². The van der Waals surface area contributed by atoms with Gasteiger partial charge in [0, 0.05) is 57.7 Å². The second-order valence-corrected chi connectivity index (χ2v) is 16.0. The molecule has 0 radical (unpaired) electrons. The standard InChI is InChI=1S/C52H52N4O5/c1-37-35-56(50(58)53-49(37)57)48-34-46(61-52(40-24-14-8-15-25-40,41-26-16-9-17-27-41)43-29-19-31-45(33-43)55(4)5)47(60-48)36-59-51(38-20-10-6-11-21-38,39-22-12-7-13-23-39)42-28-18-30-44(32-42)54(2)3/h6-33,35,46-48H,34,36H2,1-5H3,(H,53,57,58)/t46-,47+,48+/m0/s1. The van der Waals surface area contributed by atoms with Crippen LogP contribution in [0.25, 0.3) is 0 Å². The number of H-pyrrole nitrogens is 1. The summed E-state index contributed by atoms with van der Waals surface area (Å²) in [6, 6.07) is 57.8. The Balaban J connectivity index is 1.31. The first-order valence-electron chi connectivity index (χ1n) is 20.7. The van der Waals surface area contributed by atoms with E-state index < -0.39 is 40.9 Å². The van der Waals surface area contributed by atoms with Crippen LogP contribution in [0.15, 0.2) is 186 Å². The number of hydrogen-bond acceptors (Lipinski definition) is 7. The molecule has 61 heavy (non-hydrogen) atoms. The first-order valence-corrected chi connectivity index (χ1v) is 20.7. The van der Waals surface area contributed by atoms with Gasteiger partial charge in [-0.3, -0.25) is 14.3 Å². The Labute approximate surface area is 357 Å². The number of anilines is 2. The van der Waals surface area contributed by atoms with Crippen molar-refractivity contribution in [2.45, 2.75) is 43.0 Å². The summed E-state index contributed by atoms with van der Waals surface area (Å²) < 4.78 is 23.7. The molecule has 0 unspecified atom stereocenters. The summed E-state index contributed by atoms with van der Waals surface area (Å²) in [5, 5.41) is 0.